The van der Waals surface area contributed by atoms with Crippen molar-refractivity contribution < 1.29 is 14.1 Å². The van der Waals surface area contributed by atoms with Crippen LogP contribution in [0.5, 0.6) is 0 Å². The van der Waals surface area contributed by atoms with Gasteiger partial charge in [0.1, 0.15) is 6.10 Å². The summed E-state index contributed by atoms with van der Waals surface area (Å²) in [7, 11) is 0. The highest BCUT2D eigenvalue weighted by atomic mass is 16.5. The quantitative estimate of drug-likeness (QED) is 0.881. The van der Waals surface area contributed by atoms with Crippen molar-refractivity contribution in [2.45, 2.75) is 57.8 Å². The molecule has 2 atom stereocenters. The van der Waals surface area contributed by atoms with Crippen LogP contribution in [0.1, 0.15) is 56.5 Å². The van der Waals surface area contributed by atoms with Crippen molar-refractivity contribution in [1.82, 2.24) is 15.5 Å². The molecular weight excluding hydrogens is 306 g/mol. The molecule has 1 aromatic carbocycles. The number of nitrogens with one attached hydrogen (secondary N) is 1. The molecule has 128 valence electrons. The van der Waals surface area contributed by atoms with E-state index in [0.717, 1.165) is 24.8 Å². The summed E-state index contributed by atoms with van der Waals surface area (Å²) in [6, 6.07) is 9.77. The predicted octanol–water partition coefficient (Wildman–Crippen LogP) is 2.95. The van der Waals surface area contributed by atoms with Crippen molar-refractivity contribution in [2.75, 3.05) is 0 Å². The van der Waals surface area contributed by atoms with Crippen LogP contribution in [-0.2, 0) is 22.5 Å². The number of rotatable bonds is 6. The number of nitrogens with zero attached hydrogens (tertiary/aromatic N) is 2. The minimum absolute atomic E-state index is 0.105. The molecule has 0 radical (unpaired) electrons. The molecule has 0 aliphatic carbocycles. The fraction of sp³-hybridized carbons (Fsp3) is 0.500. The molecule has 1 fully saturated rings. The summed E-state index contributed by atoms with van der Waals surface area (Å²) in [6.45, 7) is 4.70. The number of amides is 1. The van der Waals surface area contributed by atoms with E-state index in [4.69, 9.17) is 9.26 Å². The van der Waals surface area contributed by atoms with E-state index in [-0.39, 0.29) is 24.0 Å². The van der Waals surface area contributed by atoms with Gasteiger partial charge in [0.2, 0.25) is 5.91 Å². The standard InChI is InChI=1S/C18H23N3O3/c1-3-18(2)10-9-14(23-18)17-20-15(21-24-17)11-16(22)19-12-13-7-5-4-6-8-13/h4-8,14H,3,9-12H2,1-2H3,(H,19,22). The summed E-state index contributed by atoms with van der Waals surface area (Å²) in [4.78, 5) is 16.3. The fourth-order valence-electron chi connectivity index (χ4n) is 2.80. The third-order valence-corrected chi connectivity index (χ3v) is 4.52. The largest absolute Gasteiger partial charge is 0.362 e. The second-order valence-electron chi connectivity index (χ2n) is 6.44. The van der Waals surface area contributed by atoms with Gasteiger partial charge in [-0.1, -0.05) is 42.4 Å². The highest BCUT2D eigenvalue weighted by molar-refractivity contribution is 5.77. The van der Waals surface area contributed by atoms with Crippen molar-refractivity contribution in [3.8, 4) is 0 Å². The second-order valence-corrected chi connectivity index (χ2v) is 6.44. The van der Waals surface area contributed by atoms with Gasteiger partial charge in [-0.2, -0.15) is 4.98 Å². The van der Waals surface area contributed by atoms with E-state index in [1.54, 1.807) is 0 Å². The summed E-state index contributed by atoms with van der Waals surface area (Å²) in [6.07, 6.45) is 2.74. The molecule has 6 heteroatoms. The van der Waals surface area contributed by atoms with Gasteiger partial charge in [0.25, 0.3) is 5.89 Å². The second kappa shape index (κ2) is 7.13. The van der Waals surface area contributed by atoms with E-state index in [1.807, 2.05) is 30.3 Å². The van der Waals surface area contributed by atoms with Crippen molar-refractivity contribution in [2.24, 2.45) is 0 Å². The molecule has 1 aliphatic rings. The van der Waals surface area contributed by atoms with E-state index in [0.29, 0.717) is 18.3 Å². The molecule has 1 aliphatic heterocycles. The van der Waals surface area contributed by atoms with Crippen molar-refractivity contribution >= 4 is 5.91 Å². The number of carbonyl (C=O) groups excluding carboxylic acids is 1. The van der Waals surface area contributed by atoms with Gasteiger partial charge < -0.3 is 14.6 Å². The lowest BCUT2D eigenvalue weighted by molar-refractivity contribution is -0.120. The molecule has 2 unspecified atom stereocenters. The number of hydrogen-bond acceptors (Lipinski definition) is 5. The Morgan fingerprint density at radius 2 is 2.17 bits per heavy atom. The molecular formula is C18H23N3O3. The van der Waals surface area contributed by atoms with Crippen molar-refractivity contribution in [3.63, 3.8) is 0 Å². The smallest absolute Gasteiger partial charge is 0.255 e. The van der Waals surface area contributed by atoms with Crippen LogP contribution in [0.15, 0.2) is 34.9 Å². The molecule has 0 saturated carbocycles. The van der Waals surface area contributed by atoms with Gasteiger partial charge in [-0.3, -0.25) is 4.79 Å². The lowest BCUT2D eigenvalue weighted by Gasteiger charge is -2.21. The van der Waals surface area contributed by atoms with Gasteiger partial charge in [-0.25, -0.2) is 0 Å². The van der Waals surface area contributed by atoms with E-state index in [9.17, 15) is 4.79 Å². The number of aromatic nitrogens is 2. The third-order valence-electron chi connectivity index (χ3n) is 4.52. The molecule has 1 N–H and O–H groups in total. The van der Waals surface area contributed by atoms with Crippen LogP contribution in [0.4, 0.5) is 0 Å². The van der Waals surface area contributed by atoms with Gasteiger partial charge in [-0.15, -0.1) is 0 Å². The number of benzene rings is 1. The first-order valence-corrected chi connectivity index (χ1v) is 8.39. The Balaban J connectivity index is 1.52. The minimum atomic E-state index is -0.163. The number of hydrogen-bond donors (Lipinski definition) is 1. The van der Waals surface area contributed by atoms with Crippen molar-refractivity contribution in [3.05, 3.63) is 47.6 Å². The summed E-state index contributed by atoms with van der Waals surface area (Å²) in [5, 5.41) is 6.76. The molecule has 1 saturated heterocycles. The Hall–Kier alpha value is -2.21. The lowest BCUT2D eigenvalue weighted by Crippen LogP contribution is -2.25. The first-order chi connectivity index (χ1) is 11.6. The van der Waals surface area contributed by atoms with Crippen LogP contribution in [0.2, 0.25) is 0 Å². The third kappa shape index (κ3) is 4.00. The SMILES string of the molecule is CCC1(C)CCC(c2nc(CC(=O)NCc3ccccc3)no2)O1. The van der Waals surface area contributed by atoms with Gasteiger partial charge in [-0.05, 0) is 31.7 Å². The Morgan fingerprint density at radius 3 is 2.88 bits per heavy atom. The van der Waals surface area contributed by atoms with Crippen LogP contribution < -0.4 is 5.32 Å². The van der Waals surface area contributed by atoms with Crippen LogP contribution in [0.3, 0.4) is 0 Å². The monoisotopic (exact) mass is 329 g/mol. The maximum absolute atomic E-state index is 12.0. The lowest BCUT2D eigenvalue weighted by atomic mass is 9.99. The first kappa shape index (κ1) is 16.6. The summed E-state index contributed by atoms with van der Waals surface area (Å²) in [5.74, 6) is 0.735. The molecule has 1 amide bonds. The molecule has 2 heterocycles. The molecule has 2 aromatic rings. The number of ether oxygens (including phenoxy) is 1. The maximum Gasteiger partial charge on any atom is 0.255 e. The fourth-order valence-corrected chi connectivity index (χ4v) is 2.80. The molecule has 0 bridgehead atoms. The summed E-state index contributed by atoms with van der Waals surface area (Å²) in [5.41, 5.74) is 0.935. The van der Waals surface area contributed by atoms with E-state index in [2.05, 4.69) is 29.3 Å². The Bertz CT molecular complexity index is 686. The van der Waals surface area contributed by atoms with Gasteiger partial charge in [0, 0.05) is 6.54 Å². The molecule has 1 aromatic heterocycles. The molecule has 3 rings (SSSR count). The highest BCUT2D eigenvalue weighted by Crippen LogP contribution is 2.40. The topological polar surface area (TPSA) is 77.3 Å². The Kier molecular flexibility index (Phi) is 4.94. The molecule has 24 heavy (non-hydrogen) atoms. The Morgan fingerprint density at radius 1 is 1.38 bits per heavy atom. The van der Waals surface area contributed by atoms with Crippen molar-refractivity contribution in [1.29, 1.82) is 0 Å². The maximum atomic E-state index is 12.0. The van der Waals surface area contributed by atoms with E-state index in [1.165, 1.54) is 0 Å². The first-order valence-electron chi connectivity index (χ1n) is 8.39. The summed E-state index contributed by atoms with van der Waals surface area (Å²) >= 11 is 0. The minimum Gasteiger partial charge on any atom is -0.362 e. The zero-order chi connectivity index (χ0) is 17.0. The van der Waals surface area contributed by atoms with Crippen LogP contribution in [0, 0.1) is 0 Å². The van der Waals surface area contributed by atoms with E-state index >= 15 is 0 Å². The average molecular weight is 329 g/mol. The molecule has 6 nitrogen and oxygen atoms in total. The summed E-state index contributed by atoms with van der Waals surface area (Å²) < 4.78 is 11.3. The van der Waals surface area contributed by atoms with Crippen LogP contribution >= 0.6 is 0 Å². The average Bonchev–Trinajstić information content (AvgIpc) is 3.21. The highest BCUT2D eigenvalue weighted by Gasteiger charge is 2.37. The zero-order valence-corrected chi connectivity index (χ0v) is 14.1. The predicted molar refractivity (Wildman–Crippen MR) is 88.0 cm³/mol. The van der Waals surface area contributed by atoms with Gasteiger partial charge in [0.15, 0.2) is 5.82 Å². The van der Waals surface area contributed by atoms with Crippen LogP contribution in [0.25, 0.3) is 0 Å². The van der Waals surface area contributed by atoms with Gasteiger partial charge >= 0.3 is 0 Å². The van der Waals surface area contributed by atoms with E-state index < -0.39 is 0 Å². The zero-order valence-electron chi connectivity index (χ0n) is 14.1. The Labute approximate surface area is 141 Å². The normalized spacial score (nSPS) is 23.3. The number of carbonyl (C=O) groups is 1. The van der Waals surface area contributed by atoms with Crippen LogP contribution in [-0.4, -0.2) is 21.6 Å². The van der Waals surface area contributed by atoms with Gasteiger partial charge in [0.05, 0.1) is 12.0 Å². The molecule has 0 spiro atoms.